The summed E-state index contributed by atoms with van der Waals surface area (Å²) in [7, 11) is 0. The van der Waals surface area contributed by atoms with Gasteiger partial charge in [0.15, 0.2) is 5.82 Å². The molecule has 5 rings (SSSR count). The molecule has 1 saturated heterocycles. The summed E-state index contributed by atoms with van der Waals surface area (Å²) < 4.78 is 31.0. The van der Waals surface area contributed by atoms with Crippen LogP contribution in [0.3, 0.4) is 0 Å². The van der Waals surface area contributed by atoms with E-state index in [-0.39, 0.29) is 24.7 Å². The van der Waals surface area contributed by atoms with E-state index in [0.29, 0.717) is 19.4 Å². The first-order valence-electron chi connectivity index (χ1n) is 15.9. The molecule has 0 radical (unpaired) electrons. The zero-order valence-corrected chi connectivity index (χ0v) is 26.0. The molecule has 3 amide bonds. The number of aromatic nitrogens is 2. The van der Waals surface area contributed by atoms with Crippen molar-refractivity contribution in [2.24, 2.45) is 23.2 Å². The summed E-state index contributed by atoms with van der Waals surface area (Å²) in [6, 6.07) is 6.01. The Kier molecular flexibility index (Phi) is 9.32. The highest BCUT2D eigenvalue weighted by Crippen LogP contribution is 2.51. The Morgan fingerprint density at radius 1 is 1.04 bits per heavy atom. The molecule has 3 aliphatic rings. The average Bonchev–Trinajstić information content (AvgIpc) is 3.70. The zero-order chi connectivity index (χ0) is 32.5. The van der Waals surface area contributed by atoms with Gasteiger partial charge in [-0.1, -0.05) is 70.4 Å². The molecule has 1 unspecified atom stereocenters. The van der Waals surface area contributed by atoms with Crippen molar-refractivity contribution in [1.82, 2.24) is 25.1 Å². The molecule has 1 aromatic heterocycles. The number of nitrogens with zero attached hydrogens (tertiary/aromatic N) is 3. The van der Waals surface area contributed by atoms with Crippen molar-refractivity contribution in [2.75, 3.05) is 6.54 Å². The summed E-state index contributed by atoms with van der Waals surface area (Å²) in [5.41, 5.74) is 0.0874. The number of nitrogens with one attached hydrogen (secondary N) is 2. The number of amides is 3. The molecular weight excluding hydrogens is 584 g/mol. The van der Waals surface area contributed by atoms with E-state index in [2.05, 4.69) is 15.6 Å². The molecule has 1 aliphatic heterocycles. The average molecular weight is 628 g/mol. The fourth-order valence-corrected chi connectivity index (χ4v) is 7.35. The lowest BCUT2D eigenvalue weighted by molar-refractivity contribution is -0.152. The first-order valence-corrected chi connectivity index (χ1v) is 15.9. The fourth-order valence-electron chi connectivity index (χ4n) is 7.35. The molecule has 3 N–H and O–H groups in total. The van der Waals surface area contributed by atoms with Gasteiger partial charge in [-0.05, 0) is 36.2 Å². The predicted molar refractivity (Wildman–Crippen MR) is 161 cm³/mol. The van der Waals surface area contributed by atoms with Gasteiger partial charge in [0.25, 0.3) is 11.8 Å². The standard InChI is InChI=1S/C33H43F2N5O5/c1-32(2,3)26(30(43)40-19-23-22(25(40)31(44)45)14-15-33(23,34)35)38-28(41)24(21-12-8-5-9-13-21)37-29(42)27-36-16-17-39(27)18-20-10-6-4-7-11-20/h4,6-7,10-11,16-17,21-26H,5,8-9,12-15,18-19H2,1-3H3,(H,37,42)(H,38,41)(H,44,45)/t22-,23-,24-,25-,26?/m0/s1. The number of benzene rings is 1. The Labute approximate surface area is 261 Å². The van der Waals surface area contributed by atoms with Crippen LogP contribution in [0.1, 0.15) is 81.9 Å². The van der Waals surface area contributed by atoms with Crippen molar-refractivity contribution >= 4 is 23.7 Å². The number of likely N-dealkylation sites (tertiary alicyclic amines) is 1. The highest BCUT2D eigenvalue weighted by Gasteiger charge is 2.61. The van der Waals surface area contributed by atoms with Crippen LogP contribution in [0.4, 0.5) is 8.78 Å². The van der Waals surface area contributed by atoms with Crippen LogP contribution < -0.4 is 10.6 Å². The maximum Gasteiger partial charge on any atom is 0.326 e. The van der Waals surface area contributed by atoms with Crippen LogP contribution in [0, 0.1) is 23.2 Å². The highest BCUT2D eigenvalue weighted by molar-refractivity contribution is 5.97. The van der Waals surface area contributed by atoms with Gasteiger partial charge in [-0.25, -0.2) is 18.6 Å². The second kappa shape index (κ2) is 12.9. The van der Waals surface area contributed by atoms with Crippen LogP contribution in [0.25, 0.3) is 0 Å². The second-order valence-electron chi connectivity index (χ2n) is 13.9. The number of aliphatic carboxylic acids is 1. The maximum atomic E-state index is 14.7. The van der Waals surface area contributed by atoms with Crippen LogP contribution in [-0.4, -0.2) is 73.8 Å². The van der Waals surface area contributed by atoms with Crippen LogP contribution in [0.2, 0.25) is 0 Å². The number of rotatable bonds is 9. The van der Waals surface area contributed by atoms with Gasteiger partial charge in [0.2, 0.25) is 11.8 Å². The van der Waals surface area contributed by atoms with Crippen LogP contribution >= 0.6 is 0 Å². The third-order valence-electron chi connectivity index (χ3n) is 9.75. The molecule has 3 fully saturated rings. The summed E-state index contributed by atoms with van der Waals surface area (Å²) in [6.07, 6.45) is 7.03. The van der Waals surface area contributed by atoms with E-state index >= 15 is 0 Å². The number of imidazole rings is 1. The van der Waals surface area contributed by atoms with E-state index < -0.39 is 71.4 Å². The van der Waals surface area contributed by atoms with Gasteiger partial charge >= 0.3 is 5.97 Å². The molecule has 1 aromatic carbocycles. The minimum atomic E-state index is -3.06. The first-order chi connectivity index (χ1) is 21.3. The van der Waals surface area contributed by atoms with Crippen molar-refractivity contribution in [2.45, 2.75) is 96.3 Å². The summed E-state index contributed by atoms with van der Waals surface area (Å²) in [4.78, 5) is 59.2. The number of hydrogen-bond acceptors (Lipinski definition) is 5. The smallest absolute Gasteiger partial charge is 0.326 e. The van der Waals surface area contributed by atoms with E-state index in [1.54, 1.807) is 31.5 Å². The van der Waals surface area contributed by atoms with Gasteiger partial charge in [0.1, 0.15) is 18.1 Å². The molecular formula is C33H43F2N5O5. The van der Waals surface area contributed by atoms with Crippen molar-refractivity contribution in [3.63, 3.8) is 0 Å². The highest BCUT2D eigenvalue weighted by atomic mass is 19.3. The normalized spacial score (nSPS) is 24.5. The summed E-state index contributed by atoms with van der Waals surface area (Å²) in [6.45, 7) is 5.21. The Morgan fingerprint density at radius 3 is 2.38 bits per heavy atom. The Balaban J connectivity index is 1.37. The van der Waals surface area contributed by atoms with Gasteiger partial charge in [-0.2, -0.15) is 0 Å². The molecule has 5 atom stereocenters. The third kappa shape index (κ3) is 6.89. The molecule has 2 aromatic rings. The van der Waals surface area contributed by atoms with Crippen molar-refractivity contribution in [3.8, 4) is 0 Å². The van der Waals surface area contributed by atoms with E-state index in [9.17, 15) is 33.1 Å². The largest absolute Gasteiger partial charge is 0.480 e. The lowest BCUT2D eigenvalue weighted by Crippen LogP contribution is -2.61. The second-order valence-corrected chi connectivity index (χ2v) is 13.9. The Bertz CT molecular complexity index is 1400. The SMILES string of the molecule is CC(C)(C)C(NC(=O)[C@@H](NC(=O)c1nccn1Cc1ccccc1)C1CCCCC1)C(=O)N1C[C@H]2[C@H](CCC2(F)F)[C@H]1C(=O)O. The van der Waals surface area contributed by atoms with E-state index in [1.807, 2.05) is 30.3 Å². The third-order valence-corrected chi connectivity index (χ3v) is 9.75. The first kappa shape index (κ1) is 32.6. The number of fused-ring (bicyclic) bond motifs is 1. The Hall–Kier alpha value is -3.83. The predicted octanol–water partition coefficient (Wildman–Crippen LogP) is 4.10. The van der Waals surface area contributed by atoms with E-state index in [4.69, 9.17) is 0 Å². The van der Waals surface area contributed by atoms with E-state index in [0.717, 1.165) is 29.7 Å². The monoisotopic (exact) mass is 627 g/mol. The fraction of sp³-hybridized carbons (Fsp3) is 0.606. The van der Waals surface area contributed by atoms with Crippen molar-refractivity contribution < 1.29 is 33.1 Å². The molecule has 2 heterocycles. The lowest BCUT2D eigenvalue weighted by atomic mass is 9.82. The molecule has 244 valence electrons. The van der Waals surface area contributed by atoms with Crippen LogP contribution in [0.5, 0.6) is 0 Å². The molecule has 0 bridgehead atoms. The number of carbonyl (C=O) groups excluding carboxylic acids is 3. The molecule has 12 heteroatoms. The van der Waals surface area contributed by atoms with Crippen molar-refractivity contribution in [3.05, 3.63) is 54.1 Å². The number of hydrogen-bond donors (Lipinski definition) is 3. The number of halogens is 2. The Morgan fingerprint density at radius 2 is 1.73 bits per heavy atom. The quantitative estimate of drug-likeness (QED) is 0.384. The van der Waals surface area contributed by atoms with Gasteiger partial charge in [0.05, 0.1) is 0 Å². The molecule has 2 saturated carbocycles. The van der Waals surface area contributed by atoms with Gasteiger partial charge in [-0.3, -0.25) is 14.4 Å². The maximum absolute atomic E-state index is 14.7. The number of carbonyl (C=O) groups is 4. The van der Waals surface area contributed by atoms with E-state index in [1.165, 1.54) is 6.20 Å². The zero-order valence-electron chi connectivity index (χ0n) is 26.0. The van der Waals surface area contributed by atoms with Gasteiger partial charge < -0.3 is 25.2 Å². The molecule has 0 spiro atoms. The molecule has 2 aliphatic carbocycles. The van der Waals surface area contributed by atoms with Gasteiger partial charge in [-0.15, -0.1) is 0 Å². The summed E-state index contributed by atoms with van der Waals surface area (Å²) in [5, 5.41) is 15.7. The lowest BCUT2D eigenvalue weighted by Gasteiger charge is -2.37. The van der Waals surface area contributed by atoms with Crippen LogP contribution in [0.15, 0.2) is 42.7 Å². The topological polar surface area (TPSA) is 134 Å². The number of carboxylic acid groups (broad SMARTS) is 1. The number of carboxylic acids is 1. The minimum absolute atomic E-state index is 0.0147. The van der Waals surface area contributed by atoms with Crippen LogP contribution in [-0.2, 0) is 20.9 Å². The number of alkyl halides is 2. The summed E-state index contributed by atoms with van der Waals surface area (Å²) in [5.74, 6) is -8.33. The summed E-state index contributed by atoms with van der Waals surface area (Å²) >= 11 is 0. The minimum Gasteiger partial charge on any atom is -0.480 e. The molecule has 45 heavy (non-hydrogen) atoms. The molecule has 10 nitrogen and oxygen atoms in total. The van der Waals surface area contributed by atoms with Crippen molar-refractivity contribution in [1.29, 1.82) is 0 Å². The van der Waals surface area contributed by atoms with Gasteiger partial charge in [0, 0.05) is 43.7 Å².